The van der Waals surface area contributed by atoms with Crippen LogP contribution in [0, 0.1) is 5.92 Å². The third-order valence-electron chi connectivity index (χ3n) is 2.56. The number of nitrogen functional groups attached to an aromatic ring is 1. The minimum absolute atomic E-state index is 0.332. The second kappa shape index (κ2) is 6.42. The van der Waals surface area contributed by atoms with E-state index >= 15 is 0 Å². The highest BCUT2D eigenvalue weighted by Gasteiger charge is 2.19. The fraction of sp³-hybridized carbons (Fsp3) is 0.692. The molecule has 0 saturated heterocycles. The van der Waals surface area contributed by atoms with Gasteiger partial charge < -0.3 is 15.4 Å². The van der Waals surface area contributed by atoms with Crippen molar-refractivity contribution in [3.8, 4) is 5.88 Å². The molecular weight excluding hydrogens is 228 g/mol. The van der Waals surface area contributed by atoms with Gasteiger partial charge in [-0.05, 0) is 26.7 Å². The Morgan fingerprint density at radius 3 is 2.44 bits per heavy atom. The van der Waals surface area contributed by atoms with E-state index in [9.17, 15) is 0 Å². The number of aromatic nitrogens is 2. The molecule has 1 aromatic heterocycles. The molecule has 0 aromatic carbocycles. The van der Waals surface area contributed by atoms with Gasteiger partial charge in [0.15, 0.2) is 5.82 Å². The molecule has 0 fully saturated rings. The molecule has 0 aliphatic heterocycles. The quantitative estimate of drug-likeness (QED) is 0.841. The average Bonchev–Trinajstić information content (AvgIpc) is 2.29. The van der Waals surface area contributed by atoms with Gasteiger partial charge in [-0.1, -0.05) is 13.8 Å². The maximum atomic E-state index is 6.09. The predicted molar refractivity (Wildman–Crippen MR) is 74.9 cm³/mol. The van der Waals surface area contributed by atoms with Crippen LogP contribution >= 0.6 is 0 Å². The summed E-state index contributed by atoms with van der Waals surface area (Å²) in [6.07, 6.45) is 1.51. The fourth-order valence-corrected chi connectivity index (χ4v) is 1.79. The molecule has 0 saturated carbocycles. The van der Waals surface area contributed by atoms with Crippen molar-refractivity contribution < 1.29 is 4.74 Å². The highest BCUT2D eigenvalue weighted by atomic mass is 16.5. The monoisotopic (exact) mass is 252 g/mol. The molecule has 2 N–H and O–H groups in total. The van der Waals surface area contributed by atoms with E-state index in [1.54, 1.807) is 0 Å². The molecule has 0 radical (unpaired) electrons. The van der Waals surface area contributed by atoms with Gasteiger partial charge in [0.05, 0.1) is 6.61 Å². The van der Waals surface area contributed by atoms with Crippen molar-refractivity contribution in [3.05, 3.63) is 6.33 Å². The number of anilines is 2. The van der Waals surface area contributed by atoms with E-state index in [1.807, 2.05) is 6.92 Å². The van der Waals surface area contributed by atoms with Gasteiger partial charge in [0.25, 0.3) is 0 Å². The Morgan fingerprint density at radius 2 is 1.94 bits per heavy atom. The smallest absolute Gasteiger partial charge is 0.242 e. The third kappa shape index (κ3) is 3.48. The molecule has 1 heterocycles. The standard InChI is InChI=1S/C13H24N4O/c1-6-18-13-11(14)12(15-8-16-13)17(10(4)5)7-9(2)3/h8-10H,6-7,14H2,1-5H3. The highest BCUT2D eigenvalue weighted by Crippen LogP contribution is 2.29. The van der Waals surface area contributed by atoms with E-state index in [0.29, 0.717) is 30.1 Å². The van der Waals surface area contributed by atoms with Gasteiger partial charge in [-0.2, -0.15) is 4.98 Å². The molecular formula is C13H24N4O. The predicted octanol–water partition coefficient (Wildman–Crippen LogP) is 2.33. The lowest BCUT2D eigenvalue weighted by atomic mass is 10.1. The van der Waals surface area contributed by atoms with Gasteiger partial charge in [-0.25, -0.2) is 4.98 Å². The number of nitrogens with zero attached hydrogens (tertiary/aromatic N) is 3. The molecule has 0 spiro atoms. The summed E-state index contributed by atoms with van der Waals surface area (Å²) in [7, 11) is 0. The van der Waals surface area contributed by atoms with Crippen LogP contribution in [-0.2, 0) is 0 Å². The summed E-state index contributed by atoms with van der Waals surface area (Å²) in [4.78, 5) is 10.6. The van der Waals surface area contributed by atoms with Crippen LogP contribution in [0.4, 0.5) is 11.5 Å². The normalized spacial score (nSPS) is 11.1. The first-order valence-corrected chi connectivity index (χ1v) is 6.47. The molecule has 5 nitrogen and oxygen atoms in total. The van der Waals surface area contributed by atoms with Gasteiger partial charge in [0, 0.05) is 12.6 Å². The van der Waals surface area contributed by atoms with Gasteiger partial charge in [-0.15, -0.1) is 0 Å². The number of ether oxygens (including phenoxy) is 1. The van der Waals surface area contributed by atoms with E-state index in [0.717, 1.165) is 12.4 Å². The fourth-order valence-electron chi connectivity index (χ4n) is 1.79. The van der Waals surface area contributed by atoms with E-state index in [2.05, 4.69) is 42.6 Å². The lowest BCUT2D eigenvalue weighted by molar-refractivity contribution is 0.328. The summed E-state index contributed by atoms with van der Waals surface area (Å²) in [5.74, 6) is 1.77. The molecule has 0 bridgehead atoms. The van der Waals surface area contributed by atoms with E-state index in [4.69, 9.17) is 10.5 Å². The summed E-state index contributed by atoms with van der Waals surface area (Å²) in [6.45, 7) is 12.0. The summed E-state index contributed by atoms with van der Waals surface area (Å²) in [6, 6.07) is 0.332. The summed E-state index contributed by atoms with van der Waals surface area (Å²) in [5.41, 5.74) is 6.61. The number of nitrogens with two attached hydrogens (primary N) is 1. The number of hydrogen-bond acceptors (Lipinski definition) is 5. The van der Waals surface area contributed by atoms with Crippen LogP contribution in [-0.4, -0.2) is 29.2 Å². The van der Waals surface area contributed by atoms with Crippen molar-refractivity contribution in [2.45, 2.75) is 40.7 Å². The molecule has 1 rings (SSSR count). The lowest BCUT2D eigenvalue weighted by Crippen LogP contribution is -2.35. The Bertz CT molecular complexity index is 379. The Kier molecular flexibility index (Phi) is 5.19. The second-order valence-corrected chi connectivity index (χ2v) is 4.99. The molecule has 0 unspecified atom stereocenters. The first-order chi connectivity index (χ1) is 8.47. The maximum Gasteiger partial charge on any atom is 0.242 e. The van der Waals surface area contributed by atoms with Crippen LogP contribution in [0.5, 0.6) is 5.88 Å². The number of rotatable bonds is 6. The van der Waals surface area contributed by atoms with Gasteiger partial charge in [-0.3, -0.25) is 0 Å². The zero-order valence-electron chi connectivity index (χ0n) is 12.0. The Labute approximate surface area is 109 Å². The molecule has 1 aromatic rings. The van der Waals surface area contributed by atoms with Crippen molar-refractivity contribution in [2.24, 2.45) is 5.92 Å². The minimum Gasteiger partial charge on any atom is -0.476 e. The van der Waals surface area contributed by atoms with Crippen LogP contribution < -0.4 is 15.4 Å². The first-order valence-electron chi connectivity index (χ1n) is 6.47. The van der Waals surface area contributed by atoms with Crippen LogP contribution in [0.2, 0.25) is 0 Å². The topological polar surface area (TPSA) is 64.3 Å². The Balaban J connectivity index is 3.08. The molecule has 0 atom stereocenters. The van der Waals surface area contributed by atoms with Gasteiger partial charge >= 0.3 is 0 Å². The molecule has 5 heteroatoms. The van der Waals surface area contributed by atoms with Crippen LogP contribution in [0.25, 0.3) is 0 Å². The van der Waals surface area contributed by atoms with Crippen molar-refractivity contribution in [1.29, 1.82) is 0 Å². The van der Waals surface area contributed by atoms with Crippen molar-refractivity contribution in [3.63, 3.8) is 0 Å². The minimum atomic E-state index is 0.332. The summed E-state index contributed by atoms with van der Waals surface area (Å²) < 4.78 is 5.41. The molecule has 0 aliphatic carbocycles. The SMILES string of the molecule is CCOc1ncnc(N(CC(C)C)C(C)C)c1N. The molecule has 0 aliphatic rings. The molecule has 18 heavy (non-hydrogen) atoms. The van der Waals surface area contributed by atoms with E-state index in [1.165, 1.54) is 6.33 Å². The van der Waals surface area contributed by atoms with Crippen molar-refractivity contribution in [2.75, 3.05) is 23.8 Å². The highest BCUT2D eigenvalue weighted by molar-refractivity contribution is 5.68. The van der Waals surface area contributed by atoms with Gasteiger partial charge in [0.1, 0.15) is 12.0 Å². The zero-order chi connectivity index (χ0) is 13.7. The molecule has 102 valence electrons. The zero-order valence-corrected chi connectivity index (χ0v) is 12.0. The summed E-state index contributed by atoms with van der Waals surface area (Å²) in [5, 5.41) is 0. The summed E-state index contributed by atoms with van der Waals surface area (Å²) >= 11 is 0. The average molecular weight is 252 g/mol. The van der Waals surface area contributed by atoms with Crippen LogP contribution in [0.3, 0.4) is 0 Å². The Hall–Kier alpha value is -1.52. The van der Waals surface area contributed by atoms with Crippen LogP contribution in [0.1, 0.15) is 34.6 Å². The van der Waals surface area contributed by atoms with Crippen LogP contribution in [0.15, 0.2) is 6.33 Å². The maximum absolute atomic E-state index is 6.09. The van der Waals surface area contributed by atoms with Gasteiger partial charge in [0.2, 0.25) is 5.88 Å². The lowest BCUT2D eigenvalue weighted by Gasteiger charge is -2.30. The third-order valence-corrected chi connectivity index (χ3v) is 2.56. The Morgan fingerprint density at radius 1 is 1.28 bits per heavy atom. The van der Waals surface area contributed by atoms with Crippen molar-refractivity contribution >= 4 is 11.5 Å². The van der Waals surface area contributed by atoms with Crippen molar-refractivity contribution in [1.82, 2.24) is 9.97 Å². The van der Waals surface area contributed by atoms with E-state index in [-0.39, 0.29) is 0 Å². The number of hydrogen-bond donors (Lipinski definition) is 1. The second-order valence-electron chi connectivity index (χ2n) is 4.99. The first kappa shape index (κ1) is 14.5. The largest absolute Gasteiger partial charge is 0.476 e. The van der Waals surface area contributed by atoms with E-state index < -0.39 is 0 Å². The molecule has 0 amide bonds.